The fourth-order valence-corrected chi connectivity index (χ4v) is 1.75. The molecule has 1 N–H and O–H groups in total. The standard InChI is InChI=1S/C13H20ClNO/c1-10(2)9-16-13(8-15-3)11-6-4-5-7-12(11)14/h4-7,10,13,15H,8-9H2,1-3H3. The molecule has 1 unspecified atom stereocenters. The van der Waals surface area contributed by atoms with Crippen molar-refractivity contribution in [2.75, 3.05) is 20.2 Å². The summed E-state index contributed by atoms with van der Waals surface area (Å²) in [6.07, 6.45) is 0.0288. The van der Waals surface area contributed by atoms with Crippen LogP contribution in [0.5, 0.6) is 0 Å². The van der Waals surface area contributed by atoms with Gasteiger partial charge in [0.1, 0.15) is 0 Å². The molecule has 3 heteroatoms. The van der Waals surface area contributed by atoms with Crippen molar-refractivity contribution in [3.8, 4) is 0 Å². The molecule has 0 aliphatic heterocycles. The summed E-state index contributed by atoms with van der Waals surface area (Å²) in [6.45, 7) is 5.81. The van der Waals surface area contributed by atoms with E-state index in [4.69, 9.17) is 16.3 Å². The fraction of sp³-hybridized carbons (Fsp3) is 0.538. The molecule has 0 saturated heterocycles. The predicted molar refractivity (Wildman–Crippen MR) is 68.9 cm³/mol. The lowest BCUT2D eigenvalue weighted by Gasteiger charge is -2.20. The van der Waals surface area contributed by atoms with Crippen molar-refractivity contribution in [1.82, 2.24) is 5.32 Å². The molecule has 0 aliphatic rings. The average molecular weight is 242 g/mol. The zero-order valence-electron chi connectivity index (χ0n) is 10.2. The number of ether oxygens (including phenoxy) is 1. The van der Waals surface area contributed by atoms with Gasteiger partial charge in [-0.05, 0) is 19.0 Å². The highest BCUT2D eigenvalue weighted by Crippen LogP contribution is 2.25. The van der Waals surface area contributed by atoms with Gasteiger partial charge in [-0.25, -0.2) is 0 Å². The van der Waals surface area contributed by atoms with E-state index in [0.29, 0.717) is 5.92 Å². The number of hydrogen-bond donors (Lipinski definition) is 1. The topological polar surface area (TPSA) is 21.3 Å². The van der Waals surface area contributed by atoms with Gasteiger partial charge in [-0.3, -0.25) is 0 Å². The summed E-state index contributed by atoms with van der Waals surface area (Å²) in [5, 5.41) is 3.90. The number of hydrogen-bond acceptors (Lipinski definition) is 2. The monoisotopic (exact) mass is 241 g/mol. The van der Waals surface area contributed by atoms with Crippen molar-refractivity contribution in [2.24, 2.45) is 5.92 Å². The van der Waals surface area contributed by atoms with E-state index in [-0.39, 0.29) is 6.10 Å². The Morgan fingerprint density at radius 3 is 2.56 bits per heavy atom. The van der Waals surface area contributed by atoms with E-state index in [1.807, 2.05) is 31.3 Å². The first-order valence-corrected chi connectivity index (χ1v) is 6.03. The second-order valence-corrected chi connectivity index (χ2v) is 4.70. The van der Waals surface area contributed by atoms with E-state index in [1.54, 1.807) is 0 Å². The van der Waals surface area contributed by atoms with Crippen molar-refractivity contribution >= 4 is 11.6 Å². The van der Waals surface area contributed by atoms with Gasteiger partial charge in [0, 0.05) is 23.7 Å². The number of benzene rings is 1. The van der Waals surface area contributed by atoms with Gasteiger partial charge in [0.05, 0.1) is 6.10 Å². The highest BCUT2D eigenvalue weighted by atomic mass is 35.5. The van der Waals surface area contributed by atoms with Crippen molar-refractivity contribution in [2.45, 2.75) is 20.0 Å². The normalized spacial score (nSPS) is 13.1. The summed E-state index contributed by atoms with van der Waals surface area (Å²) >= 11 is 6.16. The minimum Gasteiger partial charge on any atom is -0.372 e. The molecule has 0 radical (unpaired) electrons. The highest BCUT2D eigenvalue weighted by molar-refractivity contribution is 6.31. The molecule has 1 aromatic carbocycles. The molecule has 0 amide bonds. The molecule has 0 aliphatic carbocycles. The predicted octanol–water partition coefficient (Wildman–Crippen LogP) is 3.27. The van der Waals surface area contributed by atoms with Crippen molar-refractivity contribution < 1.29 is 4.74 Å². The Bertz CT molecular complexity index is 315. The molecule has 1 atom stereocenters. The summed E-state index contributed by atoms with van der Waals surface area (Å²) in [5.41, 5.74) is 1.05. The molecule has 16 heavy (non-hydrogen) atoms. The van der Waals surface area contributed by atoms with Crippen molar-refractivity contribution in [3.05, 3.63) is 34.9 Å². The molecule has 0 aromatic heterocycles. The molecular weight excluding hydrogens is 222 g/mol. The zero-order chi connectivity index (χ0) is 12.0. The van der Waals surface area contributed by atoms with Crippen LogP contribution in [0.4, 0.5) is 0 Å². The van der Waals surface area contributed by atoms with Crippen LogP contribution in [0.15, 0.2) is 24.3 Å². The highest BCUT2D eigenvalue weighted by Gasteiger charge is 2.14. The van der Waals surface area contributed by atoms with Crippen molar-refractivity contribution in [1.29, 1.82) is 0 Å². The van der Waals surface area contributed by atoms with Gasteiger partial charge in [0.2, 0.25) is 0 Å². The third-order valence-electron chi connectivity index (χ3n) is 2.27. The maximum Gasteiger partial charge on any atom is 0.0963 e. The van der Waals surface area contributed by atoms with E-state index in [0.717, 1.165) is 23.7 Å². The summed E-state index contributed by atoms with van der Waals surface area (Å²) in [5.74, 6) is 0.529. The van der Waals surface area contributed by atoms with Gasteiger partial charge < -0.3 is 10.1 Å². The average Bonchev–Trinajstić information content (AvgIpc) is 2.25. The van der Waals surface area contributed by atoms with E-state index in [2.05, 4.69) is 19.2 Å². The third kappa shape index (κ3) is 4.12. The zero-order valence-corrected chi connectivity index (χ0v) is 10.9. The molecule has 0 heterocycles. The molecule has 1 aromatic rings. The minimum absolute atomic E-state index is 0.0288. The summed E-state index contributed by atoms with van der Waals surface area (Å²) < 4.78 is 5.86. The first kappa shape index (κ1) is 13.5. The van der Waals surface area contributed by atoms with Gasteiger partial charge in [0.25, 0.3) is 0 Å². The van der Waals surface area contributed by atoms with Gasteiger partial charge in [-0.2, -0.15) is 0 Å². The van der Waals surface area contributed by atoms with Crippen LogP contribution in [-0.2, 0) is 4.74 Å². The molecule has 2 nitrogen and oxygen atoms in total. The number of nitrogens with one attached hydrogen (secondary N) is 1. The Kier molecular flexibility index (Phi) is 5.81. The van der Waals surface area contributed by atoms with Crippen LogP contribution in [0.2, 0.25) is 5.02 Å². The Labute approximate surface area is 103 Å². The number of likely N-dealkylation sites (N-methyl/N-ethyl adjacent to an activating group) is 1. The van der Waals surface area contributed by atoms with E-state index < -0.39 is 0 Å². The Hall–Kier alpha value is -0.570. The lowest BCUT2D eigenvalue weighted by molar-refractivity contribution is 0.0364. The van der Waals surface area contributed by atoms with Crippen molar-refractivity contribution in [3.63, 3.8) is 0 Å². The molecule has 0 spiro atoms. The molecule has 0 bridgehead atoms. The van der Waals surface area contributed by atoms with Gasteiger partial charge in [0.15, 0.2) is 0 Å². The second-order valence-electron chi connectivity index (χ2n) is 4.30. The SMILES string of the molecule is CNCC(OCC(C)C)c1ccccc1Cl. The summed E-state index contributed by atoms with van der Waals surface area (Å²) in [7, 11) is 1.92. The first-order valence-electron chi connectivity index (χ1n) is 5.65. The summed E-state index contributed by atoms with van der Waals surface area (Å²) in [4.78, 5) is 0. The van der Waals surface area contributed by atoms with Crippen LogP contribution in [0.3, 0.4) is 0 Å². The lowest BCUT2D eigenvalue weighted by atomic mass is 10.1. The number of rotatable bonds is 6. The quantitative estimate of drug-likeness (QED) is 0.826. The fourth-order valence-electron chi connectivity index (χ4n) is 1.49. The lowest BCUT2D eigenvalue weighted by Crippen LogP contribution is -2.21. The molecule has 0 fully saturated rings. The molecular formula is C13H20ClNO. The molecule has 1 rings (SSSR count). The number of halogens is 1. The maximum absolute atomic E-state index is 6.16. The third-order valence-corrected chi connectivity index (χ3v) is 2.62. The Morgan fingerprint density at radius 1 is 1.31 bits per heavy atom. The van der Waals surface area contributed by atoms with Crippen LogP contribution >= 0.6 is 11.6 Å². The van der Waals surface area contributed by atoms with Crippen LogP contribution in [0, 0.1) is 5.92 Å². The van der Waals surface area contributed by atoms with Crippen LogP contribution < -0.4 is 5.32 Å². The molecule has 0 saturated carbocycles. The van der Waals surface area contributed by atoms with Crippen LogP contribution in [-0.4, -0.2) is 20.2 Å². The summed E-state index contributed by atoms with van der Waals surface area (Å²) in [6, 6.07) is 7.84. The van der Waals surface area contributed by atoms with E-state index in [1.165, 1.54) is 0 Å². The second kappa shape index (κ2) is 6.89. The first-order chi connectivity index (χ1) is 7.65. The maximum atomic E-state index is 6.16. The Balaban J connectivity index is 2.73. The van der Waals surface area contributed by atoms with Gasteiger partial charge >= 0.3 is 0 Å². The van der Waals surface area contributed by atoms with Crippen LogP contribution in [0.25, 0.3) is 0 Å². The Morgan fingerprint density at radius 2 is 2.00 bits per heavy atom. The molecule has 90 valence electrons. The smallest absolute Gasteiger partial charge is 0.0963 e. The minimum atomic E-state index is 0.0288. The van der Waals surface area contributed by atoms with E-state index >= 15 is 0 Å². The van der Waals surface area contributed by atoms with Crippen LogP contribution in [0.1, 0.15) is 25.5 Å². The van der Waals surface area contributed by atoms with E-state index in [9.17, 15) is 0 Å². The van der Waals surface area contributed by atoms with Gasteiger partial charge in [-0.15, -0.1) is 0 Å². The van der Waals surface area contributed by atoms with Gasteiger partial charge in [-0.1, -0.05) is 43.6 Å². The largest absolute Gasteiger partial charge is 0.372 e.